The van der Waals surface area contributed by atoms with Gasteiger partial charge in [-0.3, -0.25) is 4.57 Å². The van der Waals surface area contributed by atoms with Gasteiger partial charge in [0.1, 0.15) is 23.5 Å². The van der Waals surface area contributed by atoms with Crippen molar-refractivity contribution in [2.45, 2.75) is 6.17 Å². The molecule has 1 atom stereocenters. The average molecular weight is 343 g/mol. The van der Waals surface area contributed by atoms with Gasteiger partial charge in [-0.1, -0.05) is 24.3 Å². The average Bonchev–Trinajstić information content (AvgIpc) is 3.07. The van der Waals surface area contributed by atoms with Crippen molar-refractivity contribution >= 4 is 16.7 Å². The number of methoxy groups -OCH3 is 1. The predicted octanol–water partition coefficient (Wildman–Crippen LogP) is 4.39. The number of hydrogen-bond donors (Lipinski definition) is 2. The molecule has 1 aromatic heterocycles. The van der Waals surface area contributed by atoms with Crippen LogP contribution in [0.4, 0.5) is 5.69 Å². The van der Waals surface area contributed by atoms with Crippen molar-refractivity contribution < 1.29 is 9.84 Å². The second-order valence-electron chi connectivity index (χ2n) is 6.31. The van der Waals surface area contributed by atoms with Gasteiger partial charge in [0.25, 0.3) is 0 Å². The molecule has 128 valence electrons. The molecule has 2 N–H and O–H groups in total. The highest BCUT2D eigenvalue weighted by molar-refractivity contribution is 5.86. The van der Waals surface area contributed by atoms with Gasteiger partial charge in [0.2, 0.25) is 0 Å². The van der Waals surface area contributed by atoms with E-state index in [0.29, 0.717) is 5.75 Å². The van der Waals surface area contributed by atoms with Crippen molar-refractivity contribution in [3.63, 3.8) is 0 Å². The number of nitrogens with zero attached hydrogens (tertiary/aromatic N) is 2. The Morgan fingerprint density at radius 1 is 1.04 bits per heavy atom. The van der Waals surface area contributed by atoms with Crippen LogP contribution in [0.3, 0.4) is 0 Å². The van der Waals surface area contributed by atoms with E-state index in [1.165, 1.54) is 0 Å². The molecule has 0 fully saturated rings. The molecule has 1 unspecified atom stereocenters. The topological polar surface area (TPSA) is 59.3 Å². The van der Waals surface area contributed by atoms with Crippen molar-refractivity contribution in [2.75, 3.05) is 12.4 Å². The zero-order valence-corrected chi connectivity index (χ0v) is 14.2. The van der Waals surface area contributed by atoms with Gasteiger partial charge in [-0.25, -0.2) is 4.98 Å². The molecule has 0 saturated carbocycles. The number of nitrogens with one attached hydrogen (secondary N) is 1. The number of imidazole rings is 1. The third-order valence-electron chi connectivity index (χ3n) is 4.85. The number of ether oxygens (including phenoxy) is 1. The molecule has 5 heteroatoms. The maximum absolute atomic E-state index is 10.6. The number of rotatable bonds is 2. The molecule has 0 bridgehead atoms. The Morgan fingerprint density at radius 3 is 2.69 bits per heavy atom. The summed E-state index contributed by atoms with van der Waals surface area (Å²) in [6.07, 6.45) is -0.266. The first-order valence-corrected chi connectivity index (χ1v) is 8.46. The fourth-order valence-electron chi connectivity index (χ4n) is 3.61. The molecule has 3 aromatic carbocycles. The first kappa shape index (κ1) is 14.8. The van der Waals surface area contributed by atoms with Gasteiger partial charge in [-0.15, -0.1) is 0 Å². The number of aromatic nitrogens is 2. The predicted molar refractivity (Wildman–Crippen MR) is 102 cm³/mol. The summed E-state index contributed by atoms with van der Waals surface area (Å²) in [5.74, 6) is 1.70. The first-order chi connectivity index (χ1) is 12.8. The molecule has 5 rings (SSSR count). The zero-order chi connectivity index (χ0) is 17.7. The summed E-state index contributed by atoms with van der Waals surface area (Å²) in [6.45, 7) is 0. The summed E-state index contributed by atoms with van der Waals surface area (Å²) in [5.41, 5.74) is 4.76. The van der Waals surface area contributed by atoms with Crippen LogP contribution in [0.2, 0.25) is 0 Å². The number of aromatic hydroxyl groups is 1. The van der Waals surface area contributed by atoms with Gasteiger partial charge in [-0.2, -0.15) is 0 Å². The molecule has 5 nitrogen and oxygen atoms in total. The molecule has 26 heavy (non-hydrogen) atoms. The standard InChI is InChI=1S/C21H17N3O2/c1-26-13-10-11-15(19(25)12-13)21-22-16-7-3-2-6-14(16)20-23-17-8-4-5-9-18(17)24(20)21/h2-12,21-22,25H,1H3. The lowest BCUT2D eigenvalue weighted by molar-refractivity contribution is 0.405. The van der Waals surface area contributed by atoms with E-state index in [4.69, 9.17) is 9.72 Å². The smallest absolute Gasteiger partial charge is 0.145 e. The number of phenols is 1. The lowest BCUT2D eigenvalue weighted by atomic mass is 10.0. The van der Waals surface area contributed by atoms with Crippen LogP contribution in [0.15, 0.2) is 66.7 Å². The van der Waals surface area contributed by atoms with E-state index in [0.717, 1.165) is 33.7 Å². The second-order valence-corrected chi connectivity index (χ2v) is 6.31. The second kappa shape index (κ2) is 5.52. The van der Waals surface area contributed by atoms with E-state index < -0.39 is 0 Å². The largest absolute Gasteiger partial charge is 0.507 e. The minimum atomic E-state index is -0.266. The fraction of sp³-hybridized carbons (Fsp3) is 0.0952. The Labute approximate surface area is 150 Å². The molecule has 0 aliphatic carbocycles. The summed E-state index contributed by atoms with van der Waals surface area (Å²) >= 11 is 0. The molecule has 0 spiro atoms. The highest BCUT2D eigenvalue weighted by Crippen LogP contribution is 2.42. The van der Waals surface area contributed by atoms with Crippen LogP contribution in [0.5, 0.6) is 11.5 Å². The van der Waals surface area contributed by atoms with E-state index in [-0.39, 0.29) is 11.9 Å². The van der Waals surface area contributed by atoms with E-state index >= 15 is 0 Å². The van der Waals surface area contributed by atoms with Crippen LogP contribution in [-0.4, -0.2) is 21.8 Å². The van der Waals surface area contributed by atoms with Crippen molar-refractivity contribution in [1.82, 2.24) is 9.55 Å². The highest BCUT2D eigenvalue weighted by Gasteiger charge is 2.29. The van der Waals surface area contributed by atoms with Crippen LogP contribution < -0.4 is 10.1 Å². The van der Waals surface area contributed by atoms with Crippen molar-refractivity contribution in [3.8, 4) is 22.9 Å². The van der Waals surface area contributed by atoms with Crippen LogP contribution >= 0.6 is 0 Å². The quantitative estimate of drug-likeness (QED) is 0.567. The highest BCUT2D eigenvalue weighted by atomic mass is 16.5. The number of benzene rings is 3. The Kier molecular flexibility index (Phi) is 3.15. The van der Waals surface area contributed by atoms with Crippen LogP contribution in [0, 0.1) is 0 Å². The number of hydrogen-bond acceptors (Lipinski definition) is 4. The molecular weight excluding hydrogens is 326 g/mol. The monoisotopic (exact) mass is 343 g/mol. The number of phenolic OH excluding ortho intramolecular Hbond substituents is 1. The van der Waals surface area contributed by atoms with E-state index in [1.54, 1.807) is 13.2 Å². The maximum Gasteiger partial charge on any atom is 0.145 e. The minimum Gasteiger partial charge on any atom is -0.507 e. The zero-order valence-electron chi connectivity index (χ0n) is 14.2. The van der Waals surface area contributed by atoms with Gasteiger partial charge in [0.05, 0.1) is 18.1 Å². The molecule has 1 aliphatic rings. The summed E-state index contributed by atoms with van der Waals surface area (Å²) < 4.78 is 7.36. The Bertz CT molecular complexity index is 1130. The van der Waals surface area contributed by atoms with Crippen LogP contribution in [0.1, 0.15) is 11.7 Å². The van der Waals surface area contributed by atoms with E-state index in [9.17, 15) is 5.11 Å². The lowest BCUT2D eigenvalue weighted by Crippen LogP contribution is -2.24. The summed E-state index contributed by atoms with van der Waals surface area (Å²) in [4.78, 5) is 4.85. The third-order valence-corrected chi connectivity index (χ3v) is 4.85. The molecule has 0 radical (unpaired) electrons. The van der Waals surface area contributed by atoms with Gasteiger partial charge in [0, 0.05) is 22.9 Å². The molecule has 2 heterocycles. The summed E-state index contributed by atoms with van der Waals surface area (Å²) in [7, 11) is 1.59. The number of fused-ring (bicyclic) bond motifs is 5. The molecule has 0 saturated heterocycles. The Balaban J connectivity index is 1.79. The molecule has 0 amide bonds. The van der Waals surface area contributed by atoms with Gasteiger partial charge in [0.15, 0.2) is 0 Å². The fourth-order valence-corrected chi connectivity index (χ4v) is 3.61. The van der Waals surface area contributed by atoms with Crippen molar-refractivity contribution in [3.05, 3.63) is 72.3 Å². The summed E-state index contributed by atoms with van der Waals surface area (Å²) in [5, 5.41) is 14.2. The molecular formula is C21H17N3O2. The summed E-state index contributed by atoms with van der Waals surface area (Å²) in [6, 6.07) is 21.5. The normalized spacial score (nSPS) is 15.2. The Hall–Kier alpha value is -3.47. The maximum atomic E-state index is 10.6. The first-order valence-electron chi connectivity index (χ1n) is 8.46. The number of para-hydroxylation sites is 3. The lowest BCUT2D eigenvalue weighted by Gasteiger charge is -2.30. The van der Waals surface area contributed by atoms with Crippen LogP contribution in [-0.2, 0) is 0 Å². The molecule has 1 aliphatic heterocycles. The molecule has 4 aromatic rings. The van der Waals surface area contributed by atoms with E-state index in [2.05, 4.69) is 22.0 Å². The third kappa shape index (κ3) is 2.07. The Morgan fingerprint density at radius 2 is 1.85 bits per heavy atom. The van der Waals surface area contributed by atoms with Gasteiger partial charge < -0.3 is 15.2 Å². The van der Waals surface area contributed by atoms with Crippen molar-refractivity contribution in [1.29, 1.82) is 0 Å². The van der Waals surface area contributed by atoms with Gasteiger partial charge in [-0.05, 0) is 36.4 Å². The SMILES string of the molecule is COc1ccc(C2Nc3ccccc3-c3nc4ccccc4n32)c(O)c1. The van der Waals surface area contributed by atoms with Gasteiger partial charge >= 0.3 is 0 Å². The van der Waals surface area contributed by atoms with Crippen LogP contribution in [0.25, 0.3) is 22.4 Å². The minimum absolute atomic E-state index is 0.185. The number of anilines is 1. The van der Waals surface area contributed by atoms with E-state index in [1.807, 2.05) is 48.5 Å². The van der Waals surface area contributed by atoms with Crippen molar-refractivity contribution in [2.24, 2.45) is 0 Å².